The van der Waals surface area contributed by atoms with Crippen LogP contribution in [0.15, 0.2) is 69.6 Å². The molecule has 2 aromatic rings. The number of carbonyl (C=O) groups excluding carboxylic acids is 11. The average molecular weight is 1350 g/mol. The maximum Gasteiger partial charge on any atom is 0.245 e. The number of guanidine groups is 3. The number of nitrogens with two attached hydrogens (primary N) is 8. The van der Waals surface area contributed by atoms with Gasteiger partial charge in [-0.3, -0.25) is 67.7 Å². The highest BCUT2D eigenvalue weighted by atomic mass is 32.2. The molecular weight excluding hydrogens is 1260 g/mol. The monoisotopic (exact) mass is 1350 g/mol. The summed E-state index contributed by atoms with van der Waals surface area (Å²) in [5, 5.41) is 33.5. The molecule has 0 aromatic heterocycles. The van der Waals surface area contributed by atoms with Crippen LogP contribution in [0.25, 0.3) is 0 Å². The van der Waals surface area contributed by atoms with Gasteiger partial charge in [-0.25, -0.2) is 0 Å². The summed E-state index contributed by atoms with van der Waals surface area (Å²) < 4.78 is 0. The molecule has 2 saturated heterocycles. The molecule has 2 aliphatic heterocycles. The minimum Gasteiger partial charge on any atom is -0.508 e. The summed E-state index contributed by atoms with van der Waals surface area (Å²) in [6.45, 7) is 2.47. The van der Waals surface area contributed by atoms with Crippen molar-refractivity contribution in [3.63, 3.8) is 0 Å². The van der Waals surface area contributed by atoms with Crippen LogP contribution in [-0.2, 0) is 65.6 Å². The Morgan fingerprint density at radius 2 is 1.16 bits per heavy atom. The van der Waals surface area contributed by atoms with E-state index in [2.05, 4.69) is 62.8 Å². The Bertz CT molecular complexity index is 2970. The maximum atomic E-state index is 14.8. The Morgan fingerprint density at radius 1 is 0.628 bits per heavy atom. The largest absolute Gasteiger partial charge is 0.508 e. The van der Waals surface area contributed by atoms with Crippen molar-refractivity contribution in [2.24, 2.45) is 66.8 Å². The number of phenols is 1. The van der Waals surface area contributed by atoms with Crippen LogP contribution < -0.4 is 93.7 Å². The van der Waals surface area contributed by atoms with E-state index in [0.717, 1.165) is 0 Å². The predicted octanol–water partition coefficient (Wildman–Crippen LogP) is -5.71. The number of fused-ring (bicyclic) bond motifs is 1. The fraction of sp³-hybridized carbons (Fsp3) is 0.559. The summed E-state index contributed by atoms with van der Waals surface area (Å²) in [6, 6.07) is 2.98. The first-order valence-corrected chi connectivity index (χ1v) is 33.2. The molecule has 0 bridgehead atoms. The molecule has 4 rings (SSSR count). The number of rotatable bonds is 27. The Kier molecular flexibility index (Phi) is 33.5. The fourth-order valence-electron chi connectivity index (χ4n) is 9.83. The van der Waals surface area contributed by atoms with E-state index in [1.807, 2.05) is 0 Å². The summed E-state index contributed by atoms with van der Waals surface area (Å²) >= 11 is 2.42. The van der Waals surface area contributed by atoms with Crippen molar-refractivity contribution in [1.82, 2.24) is 52.8 Å². The third-order valence-corrected chi connectivity index (χ3v) is 17.5. The van der Waals surface area contributed by atoms with Gasteiger partial charge >= 0.3 is 0 Å². The molecule has 518 valence electrons. The minimum atomic E-state index is -1.46. The Labute approximate surface area is 554 Å². The molecule has 0 aliphatic carbocycles. The smallest absolute Gasteiger partial charge is 0.245 e. The molecule has 2 aliphatic rings. The highest BCUT2D eigenvalue weighted by molar-refractivity contribution is 8.03. The number of benzene rings is 2. The van der Waals surface area contributed by atoms with E-state index >= 15 is 0 Å². The van der Waals surface area contributed by atoms with Crippen molar-refractivity contribution in [2.75, 3.05) is 62.3 Å². The van der Waals surface area contributed by atoms with Gasteiger partial charge in [-0.2, -0.15) is 23.5 Å². The summed E-state index contributed by atoms with van der Waals surface area (Å²) in [5.74, 6) is -9.46. The van der Waals surface area contributed by atoms with Crippen LogP contribution >= 0.6 is 23.5 Å². The van der Waals surface area contributed by atoms with Crippen molar-refractivity contribution in [2.45, 2.75) is 139 Å². The number of amides is 11. The van der Waals surface area contributed by atoms with Gasteiger partial charge in [-0.1, -0.05) is 62.7 Å². The number of nitrogens with one attached hydrogen (secondary N) is 9. The third-order valence-electron chi connectivity index (χ3n) is 15.1. The summed E-state index contributed by atoms with van der Waals surface area (Å²) in [7, 11) is 0. The number of aliphatic imine (C=N–C) groups is 3. The van der Waals surface area contributed by atoms with E-state index in [-0.39, 0.29) is 125 Å². The first kappa shape index (κ1) is 77.3. The molecule has 26 N–H and O–H groups in total. The second-order valence-corrected chi connectivity index (χ2v) is 24.8. The van der Waals surface area contributed by atoms with E-state index in [4.69, 9.17) is 45.9 Å². The number of primary amides is 1. The lowest BCUT2D eigenvalue weighted by atomic mass is 9.96. The first-order valence-electron chi connectivity index (χ1n) is 30.9. The molecule has 0 radical (unpaired) electrons. The molecule has 94 heavy (non-hydrogen) atoms. The molecule has 0 saturated carbocycles. The fourth-order valence-corrected chi connectivity index (χ4v) is 12.1. The lowest BCUT2D eigenvalue weighted by molar-refractivity contribution is -0.142. The van der Waals surface area contributed by atoms with Crippen molar-refractivity contribution in [1.29, 1.82) is 0 Å². The van der Waals surface area contributed by atoms with Crippen LogP contribution in [0, 0.1) is 5.92 Å². The zero-order valence-corrected chi connectivity index (χ0v) is 54.6. The quantitative estimate of drug-likeness (QED) is 0.0225. The summed E-state index contributed by atoms with van der Waals surface area (Å²) in [5.41, 5.74) is 46.7. The van der Waals surface area contributed by atoms with Crippen LogP contribution in [0.4, 0.5) is 0 Å². The zero-order chi connectivity index (χ0) is 69.3. The van der Waals surface area contributed by atoms with Crippen molar-refractivity contribution < 1.29 is 57.8 Å². The maximum absolute atomic E-state index is 14.8. The lowest BCUT2D eigenvalue weighted by Crippen LogP contribution is -2.61. The van der Waals surface area contributed by atoms with Crippen LogP contribution in [-0.4, -0.2) is 210 Å². The highest BCUT2D eigenvalue weighted by Gasteiger charge is 2.41. The molecule has 0 unspecified atom stereocenters. The van der Waals surface area contributed by atoms with E-state index in [9.17, 15) is 57.8 Å². The van der Waals surface area contributed by atoms with Gasteiger partial charge in [0, 0.05) is 55.6 Å². The number of carbonyl (C=O) groups is 11. The molecule has 10 atom stereocenters. The van der Waals surface area contributed by atoms with Gasteiger partial charge < -0.3 is 104 Å². The van der Waals surface area contributed by atoms with Crippen molar-refractivity contribution >= 4 is 106 Å². The lowest BCUT2D eigenvalue weighted by Gasteiger charge is -2.32. The minimum absolute atomic E-state index is 0.00458. The van der Waals surface area contributed by atoms with E-state index < -0.39 is 138 Å². The number of hydrogen-bond acceptors (Lipinski definition) is 18. The van der Waals surface area contributed by atoms with Gasteiger partial charge in [0.1, 0.15) is 54.1 Å². The van der Waals surface area contributed by atoms with Gasteiger partial charge in [0.15, 0.2) is 17.9 Å². The number of nitrogens with zero attached hydrogens (tertiary/aromatic N) is 4. The standard InChI is InChI=1S/C59H93N21O12S2/c1-3-33(2)47-55(91)76-40(15-9-23-70-59(66)67)56(92)80-24-10-16-44(80)54(90)77-42(48(61)84)31-93-25-26-94-32-43(53(89)75-38(13-7-21-68-57(62)63)50(86)74-39(51(87)79-47)14-8-22-69-58(64)65)78-52(88)41(28-34-11-5-4-6-12-34)73-46(83)30-71-45(82)29-72-49(85)37(60)27-35-17-19-36(81)20-18-35/h4-6,11-12,17-20,33,37-44,47,81H,3,7-10,13-16,21-32,60H2,1-2H3,(H2,61,84)(H,71,82)(H,72,85)(H,73,83)(H,74,86)(H,75,89)(H,76,91)(H,77,90)(H,78,88)(H,79,87)(H4,62,63,68)(H4,64,65,69)(H4,66,67,70)/t33-,37-,38-,39-,40-,41-,42-,43+,44-,47-/m0/s1. The first-order chi connectivity index (χ1) is 44.8. The van der Waals surface area contributed by atoms with Crippen LogP contribution in [0.3, 0.4) is 0 Å². The second-order valence-electron chi connectivity index (χ2n) is 22.5. The Morgan fingerprint density at radius 3 is 1.73 bits per heavy atom. The van der Waals surface area contributed by atoms with Crippen LogP contribution in [0.1, 0.15) is 82.8 Å². The molecule has 2 aromatic carbocycles. The Balaban J connectivity index is 1.71. The van der Waals surface area contributed by atoms with Gasteiger partial charge in [0.25, 0.3) is 0 Å². The molecule has 33 nitrogen and oxygen atoms in total. The number of aromatic hydroxyl groups is 1. The number of phenolic OH excluding ortho intramolecular Hbond substituents is 1. The van der Waals surface area contributed by atoms with E-state index in [1.54, 1.807) is 56.3 Å². The topological polar surface area (TPSA) is 565 Å². The Hall–Kier alpha value is -9.12. The molecule has 0 spiro atoms. The number of thioether (sulfide) groups is 2. The normalized spacial score (nSPS) is 21.4. The molecular formula is C59H93N21O12S2. The van der Waals surface area contributed by atoms with E-state index in [1.165, 1.54) is 40.6 Å². The third kappa shape index (κ3) is 28.0. The molecule has 2 heterocycles. The summed E-state index contributed by atoms with van der Waals surface area (Å²) in [6.07, 6.45) is 1.09. The molecule has 35 heteroatoms. The SMILES string of the molecule is CC[C@H](C)[C@@H]1NC(=O)[C@H](CCCN=C(N)N)NC(=O)[C@H](CCCN=C(N)N)NC(=O)[C@H](NC(=O)[C@H](Cc2ccccc2)NC(=O)CNC(=O)CNC(=O)[C@@H](N)Cc2ccc(O)cc2)CSCCSC[C@@H](C(N)=O)NC(=O)[C@@H]2CCCN2C(=O)[C@H](CCCN=C(N)N)NC1=O. The van der Waals surface area contributed by atoms with Crippen LogP contribution in [0.5, 0.6) is 5.75 Å². The average Bonchev–Trinajstić information content (AvgIpc) is 1.61. The predicted molar refractivity (Wildman–Crippen MR) is 357 cm³/mol. The highest BCUT2D eigenvalue weighted by Crippen LogP contribution is 2.22. The van der Waals surface area contributed by atoms with E-state index in [0.29, 0.717) is 29.7 Å². The van der Waals surface area contributed by atoms with Gasteiger partial charge in [0.05, 0.1) is 19.1 Å². The van der Waals surface area contributed by atoms with Gasteiger partial charge in [-0.15, -0.1) is 0 Å². The zero-order valence-electron chi connectivity index (χ0n) is 53.0. The van der Waals surface area contributed by atoms with Gasteiger partial charge in [0.2, 0.25) is 65.0 Å². The van der Waals surface area contributed by atoms with Crippen molar-refractivity contribution in [3.05, 3.63) is 65.7 Å². The van der Waals surface area contributed by atoms with Crippen LogP contribution in [0.2, 0.25) is 0 Å². The summed E-state index contributed by atoms with van der Waals surface area (Å²) in [4.78, 5) is 168. The molecule has 11 amide bonds. The molecule has 2 fully saturated rings. The van der Waals surface area contributed by atoms with Gasteiger partial charge in [-0.05, 0) is 87.0 Å². The second kappa shape index (κ2) is 40.8. The number of hydrogen-bond donors (Lipinski definition) is 18. The van der Waals surface area contributed by atoms with Crippen molar-refractivity contribution in [3.8, 4) is 5.75 Å².